The second-order valence-electron chi connectivity index (χ2n) is 19.4. The van der Waals surface area contributed by atoms with Gasteiger partial charge in [-0.25, -0.2) is 0 Å². The Hall–Kier alpha value is -9.14. The summed E-state index contributed by atoms with van der Waals surface area (Å²) < 4.78 is 0. The van der Waals surface area contributed by atoms with Crippen molar-refractivity contribution in [3.05, 3.63) is 291 Å². The maximum Gasteiger partial charge on any atom is 0.179 e. The van der Waals surface area contributed by atoms with E-state index in [-0.39, 0.29) is 0 Å². The molecule has 0 aliphatic rings. The van der Waals surface area contributed by atoms with Gasteiger partial charge in [0.15, 0.2) is 8.07 Å². The molecule has 0 aliphatic carbocycles. The first-order valence-corrected chi connectivity index (χ1v) is 27.4. The summed E-state index contributed by atoms with van der Waals surface area (Å²) in [6.45, 7) is 0. The standard InChI is InChI=1S/C72H48Si/c1-3-23-57(24-4-1)73(58-25-5-2-6-26-58,59-43-39-51(40-44-59)69-61-27-11-15-31-65(61)71(66-32-16-12-28-62(66)69)55-37-35-49-19-7-9-21-53(49)47-55)60-45-41-52(42-46-60)70-63-29-13-17-33-67(63)72(68-34-18-14-30-64(68)70)56-38-36-50-20-8-10-22-54(50)48-56/h1-48H. The molecule has 0 radical (unpaired) electrons. The molecule has 0 fully saturated rings. The van der Waals surface area contributed by atoms with Gasteiger partial charge in [0.1, 0.15) is 0 Å². The first-order chi connectivity index (χ1) is 36.2. The maximum atomic E-state index is 2.45. The van der Waals surface area contributed by atoms with Crippen LogP contribution in [0.4, 0.5) is 0 Å². The average Bonchev–Trinajstić information content (AvgIpc) is 3.47. The van der Waals surface area contributed by atoms with Crippen LogP contribution >= 0.6 is 0 Å². The van der Waals surface area contributed by atoms with Gasteiger partial charge in [-0.1, -0.05) is 279 Å². The van der Waals surface area contributed by atoms with Crippen molar-refractivity contribution < 1.29 is 0 Å². The van der Waals surface area contributed by atoms with Crippen molar-refractivity contribution in [2.24, 2.45) is 0 Å². The Balaban J connectivity index is 0.946. The molecule has 0 aliphatic heterocycles. The van der Waals surface area contributed by atoms with Crippen molar-refractivity contribution in [2.45, 2.75) is 0 Å². The quantitative estimate of drug-likeness (QED) is 0.0809. The van der Waals surface area contributed by atoms with E-state index >= 15 is 0 Å². The molecule has 0 saturated heterocycles. The van der Waals surface area contributed by atoms with Crippen LogP contribution in [0, 0.1) is 0 Å². The molecular formula is C72H48Si. The van der Waals surface area contributed by atoms with Gasteiger partial charge in [-0.15, -0.1) is 0 Å². The van der Waals surface area contributed by atoms with E-state index in [1.165, 1.54) is 130 Å². The third-order valence-corrected chi connectivity index (χ3v) is 20.4. The summed E-state index contributed by atoms with van der Waals surface area (Å²) in [7, 11) is -2.91. The van der Waals surface area contributed by atoms with Gasteiger partial charge >= 0.3 is 0 Å². The minimum absolute atomic E-state index is 1.21. The van der Waals surface area contributed by atoms with Crippen LogP contribution in [-0.4, -0.2) is 8.07 Å². The van der Waals surface area contributed by atoms with E-state index in [9.17, 15) is 0 Å². The third-order valence-electron chi connectivity index (χ3n) is 15.6. The Kier molecular flexibility index (Phi) is 10.3. The van der Waals surface area contributed by atoms with E-state index in [0.717, 1.165) is 0 Å². The molecule has 0 nitrogen and oxygen atoms in total. The SMILES string of the molecule is c1ccc([Si](c2ccccc2)(c2ccc(-c3c4ccccc4c(-c4ccc5ccccc5c4)c4ccccc34)cc2)c2ccc(-c3c4ccccc4c(-c4ccc5ccccc5c4)c4ccccc34)cc2)cc1. The minimum Gasteiger partial charge on any atom is -0.0623 e. The van der Waals surface area contributed by atoms with Crippen LogP contribution < -0.4 is 20.7 Å². The van der Waals surface area contributed by atoms with Gasteiger partial charge < -0.3 is 0 Å². The summed E-state index contributed by atoms with van der Waals surface area (Å²) in [5.41, 5.74) is 10.00. The largest absolute Gasteiger partial charge is 0.179 e. The minimum atomic E-state index is -2.91. The molecule has 0 aromatic heterocycles. The summed E-state index contributed by atoms with van der Waals surface area (Å²) in [6.07, 6.45) is 0. The molecular weight excluding hydrogens is 893 g/mol. The number of rotatable bonds is 8. The topological polar surface area (TPSA) is 0 Å². The van der Waals surface area contributed by atoms with E-state index in [1.807, 2.05) is 0 Å². The summed E-state index contributed by atoms with van der Waals surface area (Å²) >= 11 is 0. The van der Waals surface area contributed by atoms with Crippen molar-refractivity contribution in [3.63, 3.8) is 0 Å². The highest BCUT2D eigenvalue weighted by Crippen LogP contribution is 2.46. The van der Waals surface area contributed by atoms with Gasteiger partial charge in [0.05, 0.1) is 0 Å². The predicted octanol–water partition coefficient (Wildman–Crippen LogP) is 16.7. The van der Waals surface area contributed by atoms with Gasteiger partial charge in [-0.2, -0.15) is 0 Å². The summed E-state index contributed by atoms with van der Waals surface area (Å²) in [5, 5.41) is 20.5. The van der Waals surface area contributed by atoms with Crippen molar-refractivity contribution in [1.29, 1.82) is 0 Å². The van der Waals surface area contributed by atoms with Gasteiger partial charge in [-0.3, -0.25) is 0 Å². The van der Waals surface area contributed by atoms with Crippen LogP contribution in [0.3, 0.4) is 0 Å². The molecule has 0 spiro atoms. The highest BCUT2D eigenvalue weighted by Gasteiger charge is 2.41. The second-order valence-corrected chi connectivity index (χ2v) is 23.3. The molecule has 0 amide bonds. The van der Waals surface area contributed by atoms with Gasteiger partial charge in [0.25, 0.3) is 0 Å². The molecule has 14 aromatic carbocycles. The zero-order valence-electron chi connectivity index (χ0n) is 40.2. The fourth-order valence-electron chi connectivity index (χ4n) is 12.3. The van der Waals surface area contributed by atoms with Crippen molar-refractivity contribution in [2.75, 3.05) is 0 Å². The number of benzene rings is 14. The van der Waals surface area contributed by atoms with Gasteiger partial charge in [0.2, 0.25) is 0 Å². The lowest BCUT2D eigenvalue weighted by atomic mass is 9.85. The van der Waals surface area contributed by atoms with E-state index < -0.39 is 8.07 Å². The lowest BCUT2D eigenvalue weighted by molar-refractivity contribution is 1.64. The first-order valence-electron chi connectivity index (χ1n) is 25.4. The number of fused-ring (bicyclic) bond motifs is 6. The summed E-state index contributed by atoms with van der Waals surface area (Å²) in [6, 6.07) is 109. The first kappa shape index (κ1) is 42.7. The molecule has 0 unspecified atom stereocenters. The maximum absolute atomic E-state index is 2.91. The number of hydrogen-bond acceptors (Lipinski definition) is 0. The number of hydrogen-bond donors (Lipinski definition) is 0. The third kappa shape index (κ3) is 6.96. The zero-order valence-corrected chi connectivity index (χ0v) is 41.2. The van der Waals surface area contributed by atoms with Crippen LogP contribution in [-0.2, 0) is 0 Å². The highest BCUT2D eigenvalue weighted by atomic mass is 28.3. The summed E-state index contributed by atoms with van der Waals surface area (Å²) in [5.74, 6) is 0. The smallest absolute Gasteiger partial charge is 0.0623 e. The Bertz CT molecular complexity index is 4000. The predicted molar refractivity (Wildman–Crippen MR) is 317 cm³/mol. The highest BCUT2D eigenvalue weighted by molar-refractivity contribution is 7.19. The Labute approximate surface area is 426 Å². The molecule has 0 N–H and O–H groups in total. The van der Waals surface area contributed by atoms with E-state index in [1.54, 1.807) is 0 Å². The second kappa shape index (κ2) is 17.6. The van der Waals surface area contributed by atoms with Crippen LogP contribution in [0.1, 0.15) is 0 Å². The van der Waals surface area contributed by atoms with E-state index in [2.05, 4.69) is 291 Å². The van der Waals surface area contributed by atoms with Crippen LogP contribution in [0.15, 0.2) is 291 Å². The summed E-state index contributed by atoms with van der Waals surface area (Å²) in [4.78, 5) is 0. The van der Waals surface area contributed by atoms with Crippen LogP contribution in [0.2, 0.25) is 0 Å². The van der Waals surface area contributed by atoms with Crippen LogP contribution in [0.25, 0.3) is 109 Å². The molecule has 73 heavy (non-hydrogen) atoms. The fourth-order valence-corrected chi connectivity index (χ4v) is 17.1. The molecule has 0 heterocycles. The molecule has 0 atom stereocenters. The van der Waals surface area contributed by atoms with E-state index in [4.69, 9.17) is 0 Å². The Morgan fingerprint density at radius 3 is 0.712 bits per heavy atom. The molecule has 0 saturated carbocycles. The molecule has 14 rings (SSSR count). The van der Waals surface area contributed by atoms with Gasteiger partial charge in [-0.05, 0) is 142 Å². The normalized spacial score (nSPS) is 11.8. The fraction of sp³-hybridized carbons (Fsp3) is 0. The molecule has 340 valence electrons. The van der Waals surface area contributed by atoms with Crippen LogP contribution in [0.5, 0.6) is 0 Å². The van der Waals surface area contributed by atoms with Gasteiger partial charge in [0, 0.05) is 0 Å². The van der Waals surface area contributed by atoms with E-state index in [0.29, 0.717) is 0 Å². The monoisotopic (exact) mass is 940 g/mol. The Morgan fingerprint density at radius 1 is 0.164 bits per heavy atom. The zero-order chi connectivity index (χ0) is 48.3. The van der Waals surface area contributed by atoms with Crippen molar-refractivity contribution in [1.82, 2.24) is 0 Å². The lowest BCUT2D eigenvalue weighted by Crippen LogP contribution is -2.74. The lowest BCUT2D eigenvalue weighted by Gasteiger charge is -2.34. The van der Waals surface area contributed by atoms with Crippen molar-refractivity contribution in [3.8, 4) is 44.5 Å². The molecule has 1 heteroatoms. The van der Waals surface area contributed by atoms with Crippen molar-refractivity contribution >= 4 is 93.5 Å². The average molecular weight is 941 g/mol. The molecule has 0 bridgehead atoms. The molecule has 14 aromatic rings. The Morgan fingerprint density at radius 2 is 0.397 bits per heavy atom.